The minimum atomic E-state index is -0.400. The summed E-state index contributed by atoms with van der Waals surface area (Å²) in [5.74, 6) is 0.00309. The van der Waals surface area contributed by atoms with Crippen molar-refractivity contribution in [1.29, 1.82) is 0 Å². The number of carbonyl (C=O) groups excluding carboxylic acids is 1. The first-order chi connectivity index (χ1) is 13.1. The lowest BCUT2D eigenvalue weighted by Gasteiger charge is -2.16. The maximum atomic E-state index is 12.9. The van der Waals surface area contributed by atoms with Crippen molar-refractivity contribution in [3.8, 4) is 5.69 Å². The summed E-state index contributed by atoms with van der Waals surface area (Å²) < 4.78 is 1.69. The van der Waals surface area contributed by atoms with Crippen molar-refractivity contribution in [2.75, 3.05) is 0 Å². The Bertz CT molecular complexity index is 952. The molecule has 0 unspecified atom stereocenters. The second-order valence-electron chi connectivity index (χ2n) is 6.83. The molecule has 138 valence electrons. The van der Waals surface area contributed by atoms with Crippen LogP contribution in [0.15, 0.2) is 53.7 Å². The molecule has 1 aliphatic rings. The third-order valence-corrected chi connectivity index (χ3v) is 5.85. The average molecular weight is 379 g/mol. The van der Waals surface area contributed by atoms with Crippen LogP contribution in [0.3, 0.4) is 0 Å². The van der Waals surface area contributed by atoms with Gasteiger partial charge in [0.25, 0.3) is 0 Å². The summed E-state index contributed by atoms with van der Waals surface area (Å²) in [5.41, 5.74) is 4.22. The number of aryl methyl sites for hydroxylation is 2. The second-order valence-corrected chi connectivity index (χ2v) is 7.91. The summed E-state index contributed by atoms with van der Waals surface area (Å²) >= 11 is 1.37. The fourth-order valence-corrected chi connectivity index (χ4v) is 3.79. The highest BCUT2D eigenvalue weighted by atomic mass is 32.2. The SMILES string of the molecule is Cc1ccc(-n2nnnc2S[C@@H](C(=O)NC2CC2)c2ccccc2)cc1C. The molecule has 1 heterocycles. The number of hydrogen-bond donors (Lipinski definition) is 1. The minimum absolute atomic E-state index is 0.00309. The van der Waals surface area contributed by atoms with Crippen LogP contribution in [-0.2, 0) is 4.79 Å². The molecule has 3 aromatic rings. The van der Waals surface area contributed by atoms with Crippen LogP contribution in [0.2, 0.25) is 0 Å². The van der Waals surface area contributed by atoms with Gasteiger partial charge in [-0.1, -0.05) is 48.2 Å². The van der Waals surface area contributed by atoms with E-state index in [9.17, 15) is 4.79 Å². The van der Waals surface area contributed by atoms with E-state index in [1.165, 1.54) is 22.9 Å². The average Bonchev–Trinajstić information content (AvgIpc) is 3.37. The predicted molar refractivity (Wildman–Crippen MR) is 105 cm³/mol. The van der Waals surface area contributed by atoms with Crippen LogP contribution >= 0.6 is 11.8 Å². The number of amides is 1. The first-order valence-corrected chi connectivity index (χ1v) is 9.88. The lowest BCUT2D eigenvalue weighted by Crippen LogP contribution is -2.29. The van der Waals surface area contributed by atoms with Crippen molar-refractivity contribution in [3.63, 3.8) is 0 Å². The predicted octanol–water partition coefficient (Wildman–Crippen LogP) is 3.39. The van der Waals surface area contributed by atoms with E-state index in [0.29, 0.717) is 11.2 Å². The molecule has 27 heavy (non-hydrogen) atoms. The number of thioether (sulfide) groups is 1. The number of hydrogen-bond acceptors (Lipinski definition) is 5. The molecule has 0 radical (unpaired) electrons. The summed E-state index contributed by atoms with van der Waals surface area (Å²) in [4.78, 5) is 12.9. The molecular weight excluding hydrogens is 358 g/mol. The molecule has 1 saturated carbocycles. The van der Waals surface area contributed by atoms with Gasteiger partial charge in [0.05, 0.1) is 5.69 Å². The van der Waals surface area contributed by atoms with Gasteiger partial charge in [-0.25, -0.2) is 0 Å². The monoisotopic (exact) mass is 379 g/mol. The molecule has 0 bridgehead atoms. The van der Waals surface area contributed by atoms with Crippen molar-refractivity contribution in [3.05, 3.63) is 65.2 Å². The van der Waals surface area contributed by atoms with E-state index in [1.807, 2.05) is 36.4 Å². The van der Waals surface area contributed by atoms with Crippen molar-refractivity contribution in [2.45, 2.75) is 43.1 Å². The third kappa shape index (κ3) is 4.03. The molecule has 1 fully saturated rings. The summed E-state index contributed by atoms with van der Waals surface area (Å²) in [7, 11) is 0. The summed E-state index contributed by atoms with van der Waals surface area (Å²) in [6, 6.07) is 16.2. The van der Waals surface area contributed by atoms with Gasteiger partial charge in [-0.2, -0.15) is 4.68 Å². The van der Waals surface area contributed by atoms with Gasteiger partial charge in [-0.3, -0.25) is 4.79 Å². The fourth-order valence-electron chi connectivity index (χ4n) is 2.78. The Hall–Kier alpha value is -2.67. The zero-order chi connectivity index (χ0) is 18.8. The van der Waals surface area contributed by atoms with Gasteiger partial charge in [0.15, 0.2) is 0 Å². The summed E-state index contributed by atoms with van der Waals surface area (Å²) in [6.45, 7) is 4.13. The molecule has 1 aromatic heterocycles. The number of carbonyl (C=O) groups is 1. The smallest absolute Gasteiger partial charge is 0.238 e. The molecule has 0 saturated heterocycles. The van der Waals surface area contributed by atoms with E-state index in [-0.39, 0.29) is 5.91 Å². The van der Waals surface area contributed by atoms with Crippen molar-refractivity contribution in [1.82, 2.24) is 25.5 Å². The first-order valence-electron chi connectivity index (χ1n) is 9.00. The van der Waals surface area contributed by atoms with Crippen LogP contribution in [0.1, 0.15) is 34.8 Å². The largest absolute Gasteiger partial charge is 0.352 e. The van der Waals surface area contributed by atoms with Gasteiger partial charge in [-0.05, 0) is 65.9 Å². The maximum absolute atomic E-state index is 12.9. The Morgan fingerprint density at radius 2 is 1.93 bits per heavy atom. The van der Waals surface area contributed by atoms with Crippen LogP contribution in [0.4, 0.5) is 0 Å². The molecular formula is C20H21N5OS. The number of benzene rings is 2. The minimum Gasteiger partial charge on any atom is -0.352 e. The Labute approximate surface area is 162 Å². The number of aromatic nitrogens is 4. The van der Waals surface area contributed by atoms with Gasteiger partial charge >= 0.3 is 0 Å². The van der Waals surface area contributed by atoms with Crippen molar-refractivity contribution >= 4 is 17.7 Å². The zero-order valence-electron chi connectivity index (χ0n) is 15.3. The highest BCUT2D eigenvalue weighted by Crippen LogP contribution is 2.36. The van der Waals surface area contributed by atoms with E-state index in [2.05, 4.69) is 46.8 Å². The van der Waals surface area contributed by atoms with E-state index < -0.39 is 5.25 Å². The molecule has 1 amide bonds. The molecule has 4 rings (SSSR count). The van der Waals surface area contributed by atoms with Crippen LogP contribution in [0.5, 0.6) is 0 Å². The highest BCUT2D eigenvalue weighted by molar-refractivity contribution is 8.00. The normalized spacial score (nSPS) is 14.7. The standard InChI is InChI=1S/C20H21N5OS/c1-13-8-11-17(12-14(13)2)25-20(22-23-24-25)27-18(15-6-4-3-5-7-15)19(26)21-16-9-10-16/h3-8,11-12,16,18H,9-10H2,1-2H3,(H,21,26)/t18-/m1/s1. The van der Waals surface area contributed by atoms with E-state index in [1.54, 1.807) is 4.68 Å². The Balaban J connectivity index is 1.64. The summed E-state index contributed by atoms with van der Waals surface area (Å²) in [5, 5.41) is 15.5. The Kier molecular flexibility index (Phi) is 4.94. The van der Waals surface area contributed by atoms with Crippen LogP contribution in [-0.4, -0.2) is 32.2 Å². The number of tetrazole rings is 1. The van der Waals surface area contributed by atoms with Crippen molar-refractivity contribution in [2.24, 2.45) is 0 Å². The van der Waals surface area contributed by atoms with Gasteiger partial charge < -0.3 is 5.32 Å². The Morgan fingerprint density at radius 1 is 1.15 bits per heavy atom. The number of nitrogens with zero attached hydrogens (tertiary/aromatic N) is 4. The lowest BCUT2D eigenvalue weighted by atomic mass is 10.1. The fraction of sp³-hybridized carbons (Fsp3) is 0.300. The van der Waals surface area contributed by atoms with Crippen LogP contribution < -0.4 is 5.32 Å². The number of rotatable bonds is 6. The van der Waals surface area contributed by atoms with Gasteiger partial charge in [0.1, 0.15) is 5.25 Å². The van der Waals surface area contributed by atoms with Crippen LogP contribution in [0.25, 0.3) is 5.69 Å². The topological polar surface area (TPSA) is 72.7 Å². The van der Waals surface area contributed by atoms with Gasteiger partial charge in [0, 0.05) is 6.04 Å². The van der Waals surface area contributed by atoms with Crippen LogP contribution in [0, 0.1) is 13.8 Å². The molecule has 1 atom stereocenters. The number of nitrogens with one attached hydrogen (secondary N) is 1. The molecule has 7 heteroatoms. The summed E-state index contributed by atoms with van der Waals surface area (Å²) in [6.07, 6.45) is 2.11. The van der Waals surface area contributed by atoms with Gasteiger partial charge in [0.2, 0.25) is 11.1 Å². The van der Waals surface area contributed by atoms with Crippen molar-refractivity contribution < 1.29 is 4.79 Å². The second kappa shape index (κ2) is 7.52. The quantitative estimate of drug-likeness (QED) is 0.665. The van der Waals surface area contributed by atoms with E-state index in [4.69, 9.17) is 0 Å². The molecule has 2 aromatic carbocycles. The third-order valence-electron chi connectivity index (χ3n) is 4.66. The van der Waals surface area contributed by atoms with E-state index in [0.717, 1.165) is 24.1 Å². The molecule has 1 N–H and O–H groups in total. The zero-order valence-corrected chi connectivity index (χ0v) is 16.1. The lowest BCUT2D eigenvalue weighted by molar-refractivity contribution is -0.120. The Morgan fingerprint density at radius 3 is 2.63 bits per heavy atom. The molecule has 0 spiro atoms. The highest BCUT2D eigenvalue weighted by Gasteiger charge is 2.30. The van der Waals surface area contributed by atoms with E-state index >= 15 is 0 Å². The maximum Gasteiger partial charge on any atom is 0.238 e. The molecule has 6 nitrogen and oxygen atoms in total. The van der Waals surface area contributed by atoms with Gasteiger partial charge in [-0.15, -0.1) is 5.10 Å². The molecule has 1 aliphatic carbocycles. The first kappa shape index (κ1) is 17.7. The molecule has 0 aliphatic heterocycles.